The van der Waals surface area contributed by atoms with Crippen LogP contribution in [0.25, 0.3) is 0 Å². The van der Waals surface area contributed by atoms with Crippen molar-refractivity contribution in [3.8, 4) is 17.2 Å². The molecule has 1 atom stereocenters. The number of methoxy groups -OCH3 is 3. The van der Waals surface area contributed by atoms with E-state index < -0.39 is 5.82 Å². The number of nitrogens with zero attached hydrogens (tertiary/aromatic N) is 3. The van der Waals surface area contributed by atoms with Gasteiger partial charge in [-0.2, -0.15) is 4.98 Å². The molecule has 0 bridgehead atoms. The van der Waals surface area contributed by atoms with Gasteiger partial charge in [-0.05, 0) is 54.0 Å². The lowest BCUT2D eigenvalue weighted by atomic mass is 9.92. The number of likely N-dealkylation sites (tertiary alicyclic amines) is 1. The number of ether oxygens (including phenoxy) is 3. The SMILES string of the molecule is COc1cc(Nc2ncc(F)c(NC3CCC(C)(C)N(C)C(C)(C)C3)n2)cc(OC)c1OC. The van der Waals surface area contributed by atoms with Crippen LogP contribution < -0.4 is 24.8 Å². The molecule has 2 heterocycles. The van der Waals surface area contributed by atoms with Gasteiger partial charge in [0.25, 0.3) is 0 Å². The zero-order chi connectivity index (χ0) is 24.4. The molecule has 0 amide bonds. The standard InChI is InChI=1S/C24H36FN5O3/c1-23(2)10-9-15(13-24(3,4)30(23)5)27-21-17(25)14-26-22(29-21)28-16-11-18(31-6)20(33-8)19(12-16)32-7/h11-12,14-15H,9-10,13H2,1-8H3,(H2,26,27,28,29). The molecule has 1 aromatic carbocycles. The van der Waals surface area contributed by atoms with Crippen LogP contribution in [0.2, 0.25) is 0 Å². The number of hydrogen-bond donors (Lipinski definition) is 2. The minimum absolute atomic E-state index is 0.0432. The Bertz CT molecular complexity index is 958. The van der Waals surface area contributed by atoms with E-state index in [2.05, 4.69) is 60.2 Å². The highest BCUT2D eigenvalue weighted by atomic mass is 19.1. The van der Waals surface area contributed by atoms with Crippen LogP contribution in [0, 0.1) is 5.82 Å². The minimum atomic E-state index is -0.486. The van der Waals surface area contributed by atoms with Crippen molar-refractivity contribution in [2.75, 3.05) is 39.0 Å². The maximum Gasteiger partial charge on any atom is 0.229 e. The number of anilines is 3. The van der Waals surface area contributed by atoms with Crippen LogP contribution in [0.1, 0.15) is 47.0 Å². The molecular formula is C24H36FN5O3. The van der Waals surface area contributed by atoms with Crippen LogP contribution in [0.3, 0.4) is 0 Å². The van der Waals surface area contributed by atoms with Crippen molar-refractivity contribution < 1.29 is 18.6 Å². The van der Waals surface area contributed by atoms with Gasteiger partial charge in [-0.1, -0.05) is 0 Å². The lowest BCUT2D eigenvalue weighted by molar-refractivity contribution is 0.0488. The smallest absolute Gasteiger partial charge is 0.229 e. The van der Waals surface area contributed by atoms with Crippen LogP contribution >= 0.6 is 0 Å². The van der Waals surface area contributed by atoms with Gasteiger partial charge in [-0.15, -0.1) is 0 Å². The second-order valence-corrected chi connectivity index (χ2v) is 9.70. The maximum absolute atomic E-state index is 14.6. The molecule has 182 valence electrons. The Balaban J connectivity index is 1.83. The molecule has 1 saturated heterocycles. The molecule has 0 spiro atoms. The molecule has 1 fully saturated rings. The average molecular weight is 462 g/mol. The Labute approximate surface area is 195 Å². The van der Waals surface area contributed by atoms with Crippen molar-refractivity contribution in [3.05, 3.63) is 24.1 Å². The third-order valence-electron chi connectivity index (χ3n) is 6.67. The number of hydrogen-bond acceptors (Lipinski definition) is 8. The zero-order valence-electron chi connectivity index (χ0n) is 20.9. The highest BCUT2D eigenvalue weighted by Crippen LogP contribution is 2.40. The first-order valence-electron chi connectivity index (χ1n) is 11.1. The predicted octanol–water partition coefficient (Wildman–Crippen LogP) is 4.84. The van der Waals surface area contributed by atoms with Crippen LogP contribution in [-0.4, -0.2) is 60.4 Å². The van der Waals surface area contributed by atoms with Crippen molar-refractivity contribution in [2.45, 2.75) is 64.1 Å². The van der Waals surface area contributed by atoms with Gasteiger partial charge in [-0.25, -0.2) is 9.37 Å². The fourth-order valence-corrected chi connectivity index (χ4v) is 4.48. The molecule has 1 unspecified atom stereocenters. The van der Waals surface area contributed by atoms with Crippen molar-refractivity contribution >= 4 is 17.5 Å². The topological polar surface area (TPSA) is 80.8 Å². The quantitative estimate of drug-likeness (QED) is 0.606. The van der Waals surface area contributed by atoms with E-state index in [1.807, 2.05) is 0 Å². The first-order chi connectivity index (χ1) is 15.5. The first-order valence-corrected chi connectivity index (χ1v) is 11.1. The molecule has 0 aliphatic carbocycles. The third-order valence-corrected chi connectivity index (χ3v) is 6.67. The monoisotopic (exact) mass is 461 g/mol. The van der Waals surface area contributed by atoms with Gasteiger partial charge in [0, 0.05) is 34.9 Å². The summed E-state index contributed by atoms with van der Waals surface area (Å²) < 4.78 is 30.8. The second-order valence-electron chi connectivity index (χ2n) is 9.70. The van der Waals surface area contributed by atoms with Gasteiger partial charge in [0.05, 0.1) is 27.5 Å². The van der Waals surface area contributed by atoms with Crippen LogP contribution in [0.5, 0.6) is 17.2 Å². The van der Waals surface area contributed by atoms with Gasteiger partial charge in [0.1, 0.15) is 0 Å². The van der Waals surface area contributed by atoms with Gasteiger partial charge in [0.15, 0.2) is 23.1 Å². The van der Waals surface area contributed by atoms with Crippen molar-refractivity contribution in [2.24, 2.45) is 0 Å². The lowest BCUT2D eigenvalue weighted by Crippen LogP contribution is -2.52. The van der Waals surface area contributed by atoms with E-state index in [4.69, 9.17) is 14.2 Å². The summed E-state index contributed by atoms with van der Waals surface area (Å²) in [6.07, 6.45) is 3.95. The summed E-state index contributed by atoms with van der Waals surface area (Å²) in [7, 11) is 6.80. The Hall–Kier alpha value is -2.81. The average Bonchev–Trinajstić information content (AvgIpc) is 2.85. The Morgan fingerprint density at radius 2 is 1.67 bits per heavy atom. The summed E-state index contributed by atoms with van der Waals surface area (Å²) in [5.74, 6) is 1.43. The Kier molecular flexibility index (Phi) is 7.21. The van der Waals surface area contributed by atoms with E-state index in [9.17, 15) is 4.39 Å². The third kappa shape index (κ3) is 5.40. The first kappa shape index (κ1) is 24.8. The van der Waals surface area contributed by atoms with E-state index in [0.29, 0.717) is 22.9 Å². The zero-order valence-corrected chi connectivity index (χ0v) is 20.9. The van der Waals surface area contributed by atoms with E-state index in [1.165, 1.54) is 6.20 Å². The second kappa shape index (κ2) is 9.59. The Morgan fingerprint density at radius 1 is 1.03 bits per heavy atom. The van der Waals surface area contributed by atoms with E-state index >= 15 is 0 Å². The largest absolute Gasteiger partial charge is 0.493 e. The highest BCUT2D eigenvalue weighted by molar-refractivity contribution is 5.66. The van der Waals surface area contributed by atoms with Crippen molar-refractivity contribution in [1.82, 2.24) is 14.9 Å². The molecule has 2 N–H and O–H groups in total. The highest BCUT2D eigenvalue weighted by Gasteiger charge is 2.40. The summed E-state index contributed by atoms with van der Waals surface area (Å²) >= 11 is 0. The van der Waals surface area contributed by atoms with E-state index in [1.54, 1.807) is 33.5 Å². The number of rotatable bonds is 7. The summed E-state index contributed by atoms with van der Waals surface area (Å²) in [5.41, 5.74) is 0.642. The molecule has 0 radical (unpaired) electrons. The summed E-state index contributed by atoms with van der Waals surface area (Å²) in [5, 5.41) is 6.44. The minimum Gasteiger partial charge on any atom is -0.493 e. The molecule has 3 rings (SSSR count). The van der Waals surface area contributed by atoms with Crippen molar-refractivity contribution in [3.63, 3.8) is 0 Å². The fourth-order valence-electron chi connectivity index (χ4n) is 4.48. The molecular weight excluding hydrogens is 425 g/mol. The number of benzene rings is 1. The maximum atomic E-state index is 14.6. The van der Waals surface area contributed by atoms with E-state index in [-0.39, 0.29) is 28.9 Å². The molecule has 1 aromatic heterocycles. The van der Waals surface area contributed by atoms with Gasteiger partial charge in [0.2, 0.25) is 11.7 Å². The van der Waals surface area contributed by atoms with Crippen molar-refractivity contribution in [1.29, 1.82) is 0 Å². The van der Waals surface area contributed by atoms with Crippen LogP contribution in [0.4, 0.5) is 21.8 Å². The molecule has 2 aromatic rings. The summed E-state index contributed by atoms with van der Waals surface area (Å²) in [4.78, 5) is 10.9. The molecule has 1 aliphatic rings. The van der Waals surface area contributed by atoms with Gasteiger partial charge >= 0.3 is 0 Å². The molecule has 1 aliphatic heterocycles. The normalized spacial score (nSPS) is 20.0. The fraction of sp³-hybridized carbons (Fsp3) is 0.583. The molecule has 9 heteroatoms. The summed E-state index contributed by atoms with van der Waals surface area (Å²) in [6.45, 7) is 8.95. The number of halogens is 1. The predicted molar refractivity (Wildman–Crippen MR) is 129 cm³/mol. The van der Waals surface area contributed by atoms with Crippen LogP contribution in [0.15, 0.2) is 18.3 Å². The van der Waals surface area contributed by atoms with E-state index in [0.717, 1.165) is 19.3 Å². The number of nitrogens with one attached hydrogen (secondary N) is 2. The Morgan fingerprint density at radius 3 is 2.24 bits per heavy atom. The molecule has 8 nitrogen and oxygen atoms in total. The number of aromatic nitrogens is 2. The lowest BCUT2D eigenvalue weighted by Gasteiger charge is -2.44. The molecule has 33 heavy (non-hydrogen) atoms. The van der Waals surface area contributed by atoms with Crippen LogP contribution in [-0.2, 0) is 0 Å². The molecule has 0 saturated carbocycles. The van der Waals surface area contributed by atoms with Gasteiger partial charge < -0.3 is 24.8 Å². The summed E-state index contributed by atoms with van der Waals surface area (Å²) in [6, 6.07) is 3.57. The van der Waals surface area contributed by atoms with Gasteiger partial charge in [-0.3, -0.25) is 4.90 Å².